The summed E-state index contributed by atoms with van der Waals surface area (Å²) in [4.78, 5) is 59.9. The monoisotopic (exact) mass is 390 g/mol. The molecule has 1 unspecified atom stereocenters. The standard InChI is InChI=1S/C10H14N4O3.C5H4N4O2/c1-6(15)4-14-5-11-8-7(14)9(16)13(3)10(17)12(8)2;10-4-2-3(7-1-6-2)8-5(11)9-4/h5-6,15H,4H2,1-3H3;1H,(H3,6,7,8,9,10,11). The molecule has 0 aliphatic rings. The zero-order valence-corrected chi connectivity index (χ0v) is 15.3. The number of aryl methyl sites for hydroxylation is 1. The van der Waals surface area contributed by atoms with Crippen LogP contribution >= 0.6 is 0 Å². The van der Waals surface area contributed by atoms with E-state index in [1.54, 1.807) is 18.5 Å². The molecule has 0 radical (unpaired) electrons. The van der Waals surface area contributed by atoms with Gasteiger partial charge in [-0.25, -0.2) is 19.6 Å². The fraction of sp³-hybridized carbons (Fsp3) is 0.333. The Morgan fingerprint density at radius 3 is 2.50 bits per heavy atom. The van der Waals surface area contributed by atoms with Crippen LogP contribution in [0, 0.1) is 0 Å². The second-order valence-corrected chi connectivity index (χ2v) is 6.16. The molecule has 4 N–H and O–H groups in total. The number of imidazole rings is 2. The van der Waals surface area contributed by atoms with Gasteiger partial charge in [0, 0.05) is 14.1 Å². The predicted octanol–water partition coefficient (Wildman–Crippen LogP) is -2.25. The molecule has 0 fully saturated rings. The number of hydrogen-bond acceptors (Lipinski definition) is 7. The Hall–Kier alpha value is -3.74. The van der Waals surface area contributed by atoms with Crippen molar-refractivity contribution < 1.29 is 5.11 Å². The normalized spacial score (nSPS) is 12.1. The summed E-state index contributed by atoms with van der Waals surface area (Å²) >= 11 is 0. The van der Waals surface area contributed by atoms with E-state index < -0.39 is 28.6 Å². The number of aromatic nitrogens is 8. The van der Waals surface area contributed by atoms with E-state index in [2.05, 4.69) is 24.9 Å². The van der Waals surface area contributed by atoms with E-state index >= 15 is 0 Å². The number of H-pyrrole nitrogens is 3. The predicted molar refractivity (Wildman–Crippen MR) is 99.2 cm³/mol. The Morgan fingerprint density at radius 2 is 1.82 bits per heavy atom. The van der Waals surface area contributed by atoms with Crippen LogP contribution in [0.5, 0.6) is 0 Å². The van der Waals surface area contributed by atoms with Gasteiger partial charge >= 0.3 is 11.4 Å². The van der Waals surface area contributed by atoms with Crippen molar-refractivity contribution in [2.24, 2.45) is 14.1 Å². The maximum atomic E-state index is 12.0. The summed E-state index contributed by atoms with van der Waals surface area (Å²) in [5, 5.41) is 9.34. The molecule has 13 heteroatoms. The molecule has 13 nitrogen and oxygen atoms in total. The van der Waals surface area contributed by atoms with Crippen LogP contribution in [0.2, 0.25) is 0 Å². The van der Waals surface area contributed by atoms with Gasteiger partial charge in [0.1, 0.15) is 5.52 Å². The van der Waals surface area contributed by atoms with Gasteiger partial charge in [-0.15, -0.1) is 0 Å². The fourth-order valence-corrected chi connectivity index (χ4v) is 2.69. The van der Waals surface area contributed by atoms with E-state index in [0.717, 1.165) is 4.57 Å². The third-order valence-corrected chi connectivity index (χ3v) is 4.00. The average molecular weight is 390 g/mol. The van der Waals surface area contributed by atoms with Crippen molar-refractivity contribution in [1.29, 1.82) is 0 Å². The molecule has 0 spiro atoms. The highest BCUT2D eigenvalue weighted by Crippen LogP contribution is 2.06. The number of fused-ring (bicyclic) bond motifs is 2. The molecule has 4 heterocycles. The van der Waals surface area contributed by atoms with Crippen LogP contribution in [-0.2, 0) is 20.6 Å². The number of rotatable bonds is 2. The molecule has 0 saturated heterocycles. The summed E-state index contributed by atoms with van der Waals surface area (Å²) < 4.78 is 3.90. The quantitative estimate of drug-likeness (QED) is 0.299. The zero-order valence-electron chi connectivity index (χ0n) is 15.3. The summed E-state index contributed by atoms with van der Waals surface area (Å²) in [5.41, 5.74) is -0.598. The zero-order chi connectivity index (χ0) is 20.6. The highest BCUT2D eigenvalue weighted by Gasteiger charge is 2.14. The Kier molecular flexibility index (Phi) is 4.83. The van der Waals surface area contributed by atoms with Gasteiger partial charge in [-0.2, -0.15) is 0 Å². The lowest BCUT2D eigenvalue weighted by atomic mass is 10.4. The minimum atomic E-state index is -0.589. The van der Waals surface area contributed by atoms with E-state index in [0.29, 0.717) is 11.2 Å². The highest BCUT2D eigenvalue weighted by molar-refractivity contribution is 5.70. The minimum Gasteiger partial charge on any atom is -0.392 e. The first-order valence-corrected chi connectivity index (χ1v) is 8.15. The van der Waals surface area contributed by atoms with E-state index in [1.807, 2.05) is 0 Å². The molecule has 4 aromatic rings. The lowest BCUT2D eigenvalue weighted by molar-refractivity contribution is 0.175. The number of aliphatic hydroxyl groups excluding tert-OH is 1. The summed E-state index contributed by atoms with van der Waals surface area (Å²) in [5.74, 6) is 0. The molecule has 0 aliphatic heterocycles. The minimum absolute atomic E-state index is 0.268. The largest absolute Gasteiger partial charge is 0.392 e. The number of nitrogens with one attached hydrogen (secondary N) is 3. The molecule has 0 aliphatic carbocycles. The highest BCUT2D eigenvalue weighted by atomic mass is 16.3. The molecule has 0 bridgehead atoms. The van der Waals surface area contributed by atoms with Crippen LogP contribution in [0.4, 0.5) is 0 Å². The van der Waals surface area contributed by atoms with Gasteiger partial charge in [0.15, 0.2) is 16.8 Å². The lowest BCUT2D eigenvalue weighted by Gasteiger charge is -2.07. The van der Waals surface area contributed by atoms with Crippen LogP contribution in [0.25, 0.3) is 22.3 Å². The molecule has 0 saturated carbocycles. The first kappa shape index (κ1) is 19.0. The van der Waals surface area contributed by atoms with Gasteiger partial charge in [-0.3, -0.25) is 28.7 Å². The molecule has 28 heavy (non-hydrogen) atoms. The molecule has 0 amide bonds. The summed E-state index contributed by atoms with van der Waals surface area (Å²) in [6.07, 6.45) is 2.21. The maximum Gasteiger partial charge on any atom is 0.332 e. The van der Waals surface area contributed by atoms with Gasteiger partial charge in [0.05, 0.1) is 25.3 Å². The summed E-state index contributed by atoms with van der Waals surface area (Å²) in [6, 6.07) is 0. The number of hydrogen-bond donors (Lipinski definition) is 4. The number of nitrogens with zero attached hydrogens (tertiary/aromatic N) is 5. The topological polar surface area (TPSA) is 176 Å². The van der Waals surface area contributed by atoms with E-state index in [9.17, 15) is 24.3 Å². The van der Waals surface area contributed by atoms with E-state index in [4.69, 9.17) is 0 Å². The van der Waals surface area contributed by atoms with Crippen LogP contribution in [0.3, 0.4) is 0 Å². The first-order chi connectivity index (χ1) is 13.2. The second-order valence-electron chi connectivity index (χ2n) is 6.16. The van der Waals surface area contributed by atoms with Crippen molar-refractivity contribution in [2.75, 3.05) is 0 Å². The van der Waals surface area contributed by atoms with Crippen molar-refractivity contribution >= 4 is 22.3 Å². The molecule has 0 aromatic carbocycles. The molecular weight excluding hydrogens is 372 g/mol. The van der Waals surface area contributed by atoms with Crippen LogP contribution in [0.1, 0.15) is 6.92 Å². The van der Waals surface area contributed by atoms with E-state index in [1.165, 1.54) is 24.3 Å². The van der Waals surface area contributed by atoms with Crippen molar-refractivity contribution in [3.63, 3.8) is 0 Å². The van der Waals surface area contributed by atoms with E-state index in [-0.39, 0.29) is 17.7 Å². The number of aliphatic hydroxyl groups is 1. The second kappa shape index (κ2) is 7.11. The Labute approximate surface area is 154 Å². The average Bonchev–Trinajstić information content (AvgIpc) is 3.25. The van der Waals surface area contributed by atoms with Crippen molar-refractivity contribution in [1.82, 2.24) is 38.6 Å². The van der Waals surface area contributed by atoms with Gasteiger partial charge in [0.25, 0.3) is 11.1 Å². The third kappa shape index (κ3) is 3.29. The lowest BCUT2D eigenvalue weighted by Crippen LogP contribution is -2.37. The Morgan fingerprint density at radius 1 is 1.11 bits per heavy atom. The Bertz CT molecular complexity index is 1380. The maximum absolute atomic E-state index is 12.0. The summed E-state index contributed by atoms with van der Waals surface area (Å²) in [7, 11) is 2.98. The molecule has 148 valence electrons. The number of aromatic amines is 3. The fourth-order valence-electron chi connectivity index (χ4n) is 2.69. The van der Waals surface area contributed by atoms with Crippen LogP contribution in [-0.4, -0.2) is 49.8 Å². The third-order valence-electron chi connectivity index (χ3n) is 4.00. The van der Waals surface area contributed by atoms with Gasteiger partial charge in [0.2, 0.25) is 0 Å². The van der Waals surface area contributed by atoms with Crippen LogP contribution < -0.4 is 22.5 Å². The molecule has 1 atom stereocenters. The van der Waals surface area contributed by atoms with Crippen molar-refractivity contribution in [2.45, 2.75) is 19.6 Å². The van der Waals surface area contributed by atoms with Crippen molar-refractivity contribution in [3.8, 4) is 0 Å². The van der Waals surface area contributed by atoms with Gasteiger partial charge in [-0.05, 0) is 6.92 Å². The smallest absolute Gasteiger partial charge is 0.332 e. The molecule has 4 aromatic heterocycles. The summed E-state index contributed by atoms with van der Waals surface area (Å²) in [6.45, 7) is 1.89. The van der Waals surface area contributed by atoms with Crippen molar-refractivity contribution in [3.05, 3.63) is 54.3 Å². The van der Waals surface area contributed by atoms with Gasteiger partial charge < -0.3 is 14.7 Å². The SMILES string of the molecule is CC(O)Cn1cnc2c1c(=O)n(C)c(=O)n2C.O=c1[nH]c(=O)c2[nH]cnc2[nH]1. The Balaban J connectivity index is 0.000000176. The molecule has 4 rings (SSSR count). The van der Waals surface area contributed by atoms with Gasteiger partial charge in [-0.1, -0.05) is 0 Å². The first-order valence-electron chi connectivity index (χ1n) is 8.15. The van der Waals surface area contributed by atoms with Crippen LogP contribution in [0.15, 0.2) is 31.8 Å². The molecular formula is C15H18N8O5.